The third-order valence-electron chi connectivity index (χ3n) is 5.61. The zero-order valence-corrected chi connectivity index (χ0v) is 17.7. The van der Waals surface area contributed by atoms with E-state index < -0.39 is 0 Å². The topological polar surface area (TPSA) is 66.4 Å². The molecule has 160 valence electrons. The second kappa shape index (κ2) is 11.2. The Labute approximate surface area is 174 Å². The minimum absolute atomic E-state index is 0.0923. The zero-order chi connectivity index (χ0) is 20.5. The number of aliphatic imine (C=N–C) groups is 1. The van der Waals surface area contributed by atoms with Gasteiger partial charge in [-0.15, -0.1) is 0 Å². The smallest absolute Gasteiger partial charge is 0.246 e. The van der Waals surface area contributed by atoms with Crippen LogP contribution in [0.3, 0.4) is 0 Å². The molecule has 3 rings (SSSR count). The fourth-order valence-corrected chi connectivity index (χ4v) is 4.06. The van der Waals surface area contributed by atoms with Gasteiger partial charge in [-0.1, -0.05) is 18.2 Å². The van der Waals surface area contributed by atoms with Crippen LogP contribution in [0.2, 0.25) is 0 Å². The molecule has 0 spiro atoms. The number of piperidine rings is 1. The lowest BCUT2D eigenvalue weighted by Crippen LogP contribution is -2.50. The third kappa shape index (κ3) is 5.93. The van der Waals surface area contributed by atoms with Gasteiger partial charge in [0.25, 0.3) is 0 Å². The molecule has 0 atom stereocenters. The van der Waals surface area contributed by atoms with Gasteiger partial charge in [-0.05, 0) is 43.7 Å². The van der Waals surface area contributed by atoms with Gasteiger partial charge in [0.15, 0.2) is 5.96 Å². The molecular weight excluding hydrogens is 368 g/mol. The molecule has 0 saturated carbocycles. The second-order valence-corrected chi connectivity index (χ2v) is 7.58. The lowest BCUT2D eigenvalue weighted by Gasteiger charge is -2.34. The first kappa shape index (κ1) is 21.6. The summed E-state index contributed by atoms with van der Waals surface area (Å²) in [5, 5.41) is 3.27. The van der Waals surface area contributed by atoms with Crippen molar-refractivity contribution in [2.75, 3.05) is 58.5 Å². The number of fused-ring (bicyclic) bond motifs is 1. The summed E-state index contributed by atoms with van der Waals surface area (Å²) in [6, 6.07) is 8.19. The SMILES string of the molecule is CN=C(NCC(=O)N1CCCc2ccccc21)N1CCC(OCCCOC)CC1. The number of likely N-dealkylation sites (tertiary alicyclic amines) is 1. The van der Waals surface area contributed by atoms with Crippen molar-refractivity contribution < 1.29 is 14.3 Å². The van der Waals surface area contributed by atoms with Crippen molar-refractivity contribution in [1.29, 1.82) is 0 Å². The number of hydrogen-bond donors (Lipinski definition) is 1. The maximum Gasteiger partial charge on any atom is 0.246 e. The number of nitrogens with zero attached hydrogens (tertiary/aromatic N) is 3. The number of rotatable bonds is 7. The molecule has 1 amide bonds. The number of benzene rings is 1. The van der Waals surface area contributed by atoms with Gasteiger partial charge in [0.1, 0.15) is 0 Å². The number of amides is 1. The first-order valence-electron chi connectivity index (χ1n) is 10.7. The quantitative estimate of drug-likeness (QED) is 0.430. The molecule has 0 aromatic heterocycles. The molecule has 1 saturated heterocycles. The maximum atomic E-state index is 12.8. The lowest BCUT2D eigenvalue weighted by atomic mass is 10.0. The van der Waals surface area contributed by atoms with Crippen LogP contribution in [-0.2, 0) is 20.7 Å². The zero-order valence-electron chi connectivity index (χ0n) is 17.7. The molecule has 0 unspecified atom stereocenters. The van der Waals surface area contributed by atoms with Gasteiger partial charge in [0.2, 0.25) is 5.91 Å². The molecule has 7 heteroatoms. The molecule has 29 heavy (non-hydrogen) atoms. The Morgan fingerprint density at radius 1 is 1.21 bits per heavy atom. The summed E-state index contributed by atoms with van der Waals surface area (Å²) < 4.78 is 11.0. The Hall–Kier alpha value is -2.12. The molecule has 1 aromatic carbocycles. The van der Waals surface area contributed by atoms with Crippen LogP contribution in [0.25, 0.3) is 0 Å². The van der Waals surface area contributed by atoms with Crippen LogP contribution in [0.4, 0.5) is 5.69 Å². The third-order valence-corrected chi connectivity index (χ3v) is 5.61. The first-order valence-corrected chi connectivity index (χ1v) is 10.7. The molecule has 0 aliphatic carbocycles. The van der Waals surface area contributed by atoms with E-state index in [2.05, 4.69) is 21.3 Å². The van der Waals surface area contributed by atoms with E-state index in [1.165, 1.54) is 5.56 Å². The first-order chi connectivity index (χ1) is 14.2. The molecule has 0 bridgehead atoms. The number of anilines is 1. The molecule has 2 heterocycles. The predicted octanol–water partition coefficient (Wildman–Crippen LogP) is 2.06. The highest BCUT2D eigenvalue weighted by Gasteiger charge is 2.24. The number of carbonyl (C=O) groups is 1. The Kier molecular flexibility index (Phi) is 8.31. The summed E-state index contributed by atoms with van der Waals surface area (Å²) >= 11 is 0. The maximum absolute atomic E-state index is 12.8. The monoisotopic (exact) mass is 402 g/mol. The Balaban J connectivity index is 1.45. The normalized spacial score (nSPS) is 17.9. The molecule has 1 aromatic rings. The van der Waals surface area contributed by atoms with Gasteiger partial charge in [-0.2, -0.15) is 0 Å². The van der Waals surface area contributed by atoms with E-state index in [0.717, 1.165) is 76.6 Å². The Morgan fingerprint density at radius 3 is 2.76 bits per heavy atom. The van der Waals surface area contributed by atoms with Crippen LogP contribution < -0.4 is 10.2 Å². The van der Waals surface area contributed by atoms with Crippen molar-refractivity contribution in [3.8, 4) is 0 Å². The van der Waals surface area contributed by atoms with E-state index in [-0.39, 0.29) is 12.5 Å². The number of aryl methyl sites for hydroxylation is 1. The van der Waals surface area contributed by atoms with Gasteiger partial charge < -0.3 is 24.6 Å². The predicted molar refractivity (Wildman–Crippen MR) is 116 cm³/mol. The lowest BCUT2D eigenvalue weighted by molar-refractivity contribution is -0.117. The summed E-state index contributed by atoms with van der Waals surface area (Å²) in [7, 11) is 3.49. The van der Waals surface area contributed by atoms with Gasteiger partial charge in [0, 0.05) is 52.7 Å². The number of ether oxygens (including phenoxy) is 2. The van der Waals surface area contributed by atoms with Crippen molar-refractivity contribution in [2.24, 2.45) is 4.99 Å². The molecule has 1 fully saturated rings. The van der Waals surface area contributed by atoms with Gasteiger partial charge in [-0.3, -0.25) is 9.79 Å². The van der Waals surface area contributed by atoms with E-state index in [9.17, 15) is 4.79 Å². The Morgan fingerprint density at radius 2 is 2.00 bits per heavy atom. The standard InChI is InChI=1S/C22H34N4O3/c1-23-22(25-13-10-19(11-14-25)29-16-6-15-28-2)24-17-21(27)26-12-5-8-18-7-3-4-9-20(18)26/h3-4,7,9,19H,5-6,8,10-17H2,1-2H3,(H,23,24). The van der Waals surface area contributed by atoms with Gasteiger partial charge in [0.05, 0.1) is 12.6 Å². The van der Waals surface area contributed by atoms with Gasteiger partial charge in [-0.25, -0.2) is 0 Å². The van der Waals surface area contributed by atoms with Crippen molar-refractivity contribution in [3.05, 3.63) is 29.8 Å². The van der Waals surface area contributed by atoms with Crippen LogP contribution in [0.5, 0.6) is 0 Å². The molecule has 2 aliphatic heterocycles. The van der Waals surface area contributed by atoms with E-state index in [1.54, 1.807) is 14.2 Å². The number of carbonyl (C=O) groups excluding carboxylic acids is 1. The van der Waals surface area contributed by atoms with Crippen molar-refractivity contribution in [3.63, 3.8) is 0 Å². The summed E-state index contributed by atoms with van der Waals surface area (Å²) in [5.74, 6) is 0.885. The summed E-state index contributed by atoms with van der Waals surface area (Å²) in [4.78, 5) is 21.4. The summed E-state index contributed by atoms with van der Waals surface area (Å²) in [5.41, 5.74) is 2.30. The largest absolute Gasteiger partial charge is 0.385 e. The second-order valence-electron chi connectivity index (χ2n) is 7.58. The van der Waals surface area contributed by atoms with Crippen molar-refractivity contribution >= 4 is 17.6 Å². The number of para-hydroxylation sites is 1. The Bertz CT molecular complexity index is 686. The molecular formula is C22H34N4O3. The number of methoxy groups -OCH3 is 1. The minimum atomic E-state index is 0.0923. The van der Waals surface area contributed by atoms with Crippen LogP contribution >= 0.6 is 0 Å². The van der Waals surface area contributed by atoms with Crippen LogP contribution in [-0.4, -0.2) is 76.4 Å². The number of guanidine groups is 1. The summed E-state index contributed by atoms with van der Waals surface area (Å²) in [6.45, 7) is 4.29. The fraction of sp³-hybridized carbons (Fsp3) is 0.636. The highest BCUT2D eigenvalue weighted by Crippen LogP contribution is 2.26. The van der Waals surface area contributed by atoms with Crippen LogP contribution in [0.15, 0.2) is 29.3 Å². The highest BCUT2D eigenvalue weighted by atomic mass is 16.5. The average Bonchev–Trinajstić information content (AvgIpc) is 2.77. The molecule has 0 radical (unpaired) electrons. The van der Waals surface area contributed by atoms with E-state index in [1.807, 2.05) is 23.1 Å². The summed E-state index contributed by atoms with van der Waals surface area (Å²) in [6.07, 6.45) is 5.23. The van der Waals surface area contributed by atoms with Crippen LogP contribution in [0, 0.1) is 0 Å². The van der Waals surface area contributed by atoms with Gasteiger partial charge >= 0.3 is 0 Å². The average molecular weight is 403 g/mol. The van der Waals surface area contributed by atoms with Crippen LogP contribution in [0.1, 0.15) is 31.2 Å². The van der Waals surface area contributed by atoms with E-state index in [0.29, 0.717) is 6.10 Å². The minimum Gasteiger partial charge on any atom is -0.385 e. The number of hydrogen-bond acceptors (Lipinski definition) is 4. The van der Waals surface area contributed by atoms with E-state index >= 15 is 0 Å². The molecule has 1 N–H and O–H groups in total. The number of nitrogens with one attached hydrogen (secondary N) is 1. The van der Waals surface area contributed by atoms with Crippen molar-refractivity contribution in [2.45, 2.75) is 38.2 Å². The van der Waals surface area contributed by atoms with E-state index in [4.69, 9.17) is 9.47 Å². The highest BCUT2D eigenvalue weighted by molar-refractivity contribution is 5.98. The molecule has 2 aliphatic rings. The molecule has 7 nitrogen and oxygen atoms in total. The van der Waals surface area contributed by atoms with Crippen molar-refractivity contribution in [1.82, 2.24) is 10.2 Å². The fourth-order valence-electron chi connectivity index (χ4n) is 4.06.